The van der Waals surface area contributed by atoms with E-state index in [0.29, 0.717) is 17.8 Å². The van der Waals surface area contributed by atoms with Gasteiger partial charge in [0.15, 0.2) is 5.42 Å². The lowest BCUT2D eigenvalue weighted by Gasteiger charge is -2.13. The zero-order chi connectivity index (χ0) is 16.0. The average molecular weight is 314 g/mol. The zero-order valence-electron chi connectivity index (χ0n) is 12.3. The number of carboxylic acids is 1. The number of rotatable bonds is 3. The lowest BCUT2D eigenvalue weighted by molar-refractivity contribution is -0.137. The van der Waals surface area contributed by atoms with E-state index in [9.17, 15) is 9.18 Å². The molecule has 1 aliphatic carbocycles. The summed E-state index contributed by atoms with van der Waals surface area (Å²) >= 11 is 0. The van der Waals surface area contributed by atoms with Gasteiger partial charge in [-0.25, -0.2) is 4.39 Å². The molecule has 4 rings (SSSR count). The second-order valence-electron chi connectivity index (χ2n) is 5.82. The van der Waals surface area contributed by atoms with Crippen LogP contribution in [0.3, 0.4) is 0 Å². The maximum Gasteiger partial charge on any atom is 0.304 e. The first-order valence-electron chi connectivity index (χ1n) is 7.57. The van der Waals surface area contributed by atoms with Gasteiger partial charge < -0.3 is 9.52 Å². The number of aromatic nitrogens is 1. The fourth-order valence-electron chi connectivity index (χ4n) is 3.21. The van der Waals surface area contributed by atoms with Crippen LogP contribution in [-0.2, 0) is 11.2 Å². The molecule has 0 fully saturated rings. The Morgan fingerprint density at radius 2 is 2.26 bits per heavy atom. The maximum absolute atomic E-state index is 14.5. The minimum Gasteiger partial charge on any atom is -0.481 e. The Balaban J connectivity index is 1.76. The van der Waals surface area contributed by atoms with Crippen molar-refractivity contribution in [2.75, 3.05) is 11.4 Å². The van der Waals surface area contributed by atoms with Gasteiger partial charge >= 0.3 is 12.0 Å². The van der Waals surface area contributed by atoms with Crippen molar-refractivity contribution >= 4 is 29.6 Å². The van der Waals surface area contributed by atoms with E-state index >= 15 is 0 Å². The van der Waals surface area contributed by atoms with E-state index in [1.54, 1.807) is 6.08 Å². The molecule has 1 aromatic heterocycles. The van der Waals surface area contributed by atoms with Gasteiger partial charge in [-0.2, -0.15) is 4.98 Å². The predicted octanol–water partition coefficient (Wildman–Crippen LogP) is 1.72. The van der Waals surface area contributed by atoms with Crippen molar-refractivity contribution < 1.29 is 18.7 Å². The van der Waals surface area contributed by atoms with Crippen LogP contribution in [0.25, 0.3) is 11.9 Å². The van der Waals surface area contributed by atoms with Crippen molar-refractivity contribution in [2.24, 2.45) is 5.92 Å². The number of hydrogen-bond acceptors (Lipinski definition) is 4. The molecule has 1 aliphatic heterocycles. The number of para-hydroxylation sites is 1. The molecule has 2 aliphatic rings. The Labute approximate surface area is 131 Å². The molecule has 118 valence electrons. The minimum atomic E-state index is -1.02. The van der Waals surface area contributed by atoms with Crippen LogP contribution in [0.5, 0.6) is 0 Å². The summed E-state index contributed by atoms with van der Waals surface area (Å²) in [5.41, 5.74) is 2.30. The number of nitrogens with zero attached hydrogens (tertiary/aromatic N) is 2. The molecule has 1 aromatic carbocycles. The van der Waals surface area contributed by atoms with Gasteiger partial charge in [0.1, 0.15) is 11.2 Å². The summed E-state index contributed by atoms with van der Waals surface area (Å²) in [6, 6.07) is 8.34. The van der Waals surface area contributed by atoms with Gasteiger partial charge in [-0.05, 0) is 24.5 Å². The molecule has 1 N–H and O–H groups in total. The van der Waals surface area contributed by atoms with Crippen LogP contribution in [0.2, 0.25) is 0 Å². The molecular formula is C17H15FN2O3. The predicted molar refractivity (Wildman–Crippen MR) is 82.2 cm³/mol. The minimum absolute atomic E-state index is 0.0712. The zero-order valence-corrected chi connectivity index (χ0v) is 12.3. The average Bonchev–Trinajstić information content (AvgIpc) is 3.13. The molecule has 1 unspecified atom stereocenters. The second-order valence-corrected chi connectivity index (χ2v) is 5.82. The molecule has 2 heterocycles. The Bertz CT molecular complexity index is 903. The molecule has 2 aromatic rings. The molecule has 0 radical (unpaired) electrons. The molecule has 1 atom stereocenters. The van der Waals surface area contributed by atoms with Gasteiger partial charge in [0.25, 0.3) is 0 Å². The molecular weight excluding hydrogens is 299 g/mol. The van der Waals surface area contributed by atoms with E-state index in [2.05, 4.69) is 11.1 Å². The van der Waals surface area contributed by atoms with Crippen molar-refractivity contribution in [3.05, 3.63) is 40.6 Å². The molecule has 0 spiro atoms. The van der Waals surface area contributed by atoms with Crippen molar-refractivity contribution in [1.29, 1.82) is 0 Å². The number of carboxylic acid groups (broad SMARTS) is 1. The van der Waals surface area contributed by atoms with E-state index < -0.39 is 17.7 Å². The van der Waals surface area contributed by atoms with E-state index in [0.717, 1.165) is 18.7 Å². The van der Waals surface area contributed by atoms with Gasteiger partial charge in [0.05, 0.1) is 6.42 Å². The normalized spacial score (nSPS) is 19.3. The van der Waals surface area contributed by atoms with Crippen LogP contribution in [0.1, 0.15) is 18.4 Å². The monoisotopic (exact) mass is 314 g/mol. The number of hydrogen-bond donors (Lipinski definition) is 1. The fourth-order valence-corrected chi connectivity index (χ4v) is 3.21. The van der Waals surface area contributed by atoms with Crippen LogP contribution in [0.4, 0.5) is 16.1 Å². The Morgan fingerprint density at radius 3 is 3.09 bits per heavy atom. The van der Waals surface area contributed by atoms with E-state index in [1.807, 2.05) is 23.1 Å². The van der Waals surface area contributed by atoms with Crippen molar-refractivity contribution in [3.8, 4) is 0 Å². The lowest BCUT2D eigenvalue weighted by atomic mass is 9.97. The van der Waals surface area contributed by atoms with Crippen LogP contribution < -0.4 is 15.7 Å². The van der Waals surface area contributed by atoms with E-state index in [-0.39, 0.29) is 11.8 Å². The summed E-state index contributed by atoms with van der Waals surface area (Å²) in [5.74, 6) is -2.21. The number of carbonyl (C=O) groups is 1. The summed E-state index contributed by atoms with van der Waals surface area (Å²) in [6.45, 7) is 0.735. The molecule has 6 heteroatoms. The number of oxazole rings is 1. The topological polar surface area (TPSA) is 66.6 Å². The van der Waals surface area contributed by atoms with Gasteiger partial charge in [-0.3, -0.25) is 9.69 Å². The van der Waals surface area contributed by atoms with Crippen molar-refractivity contribution in [3.63, 3.8) is 0 Å². The highest BCUT2D eigenvalue weighted by Gasteiger charge is 2.27. The first-order chi connectivity index (χ1) is 11.1. The van der Waals surface area contributed by atoms with E-state index in [1.165, 1.54) is 5.56 Å². The SMILES string of the molecule is O=C(O)CC1CC=c2nc(N3CCc4ccccc43)oc2=C1F. The van der Waals surface area contributed by atoms with Crippen molar-refractivity contribution in [1.82, 2.24) is 4.98 Å². The van der Waals surface area contributed by atoms with Gasteiger partial charge in [-0.1, -0.05) is 24.3 Å². The highest BCUT2D eigenvalue weighted by atomic mass is 19.1. The van der Waals surface area contributed by atoms with Gasteiger partial charge in [-0.15, -0.1) is 0 Å². The smallest absolute Gasteiger partial charge is 0.304 e. The highest BCUT2D eigenvalue weighted by Crippen LogP contribution is 2.32. The Hall–Kier alpha value is -2.63. The van der Waals surface area contributed by atoms with Crippen LogP contribution in [-0.4, -0.2) is 22.6 Å². The molecule has 23 heavy (non-hydrogen) atoms. The molecule has 0 saturated heterocycles. The third-order valence-electron chi connectivity index (χ3n) is 4.35. The van der Waals surface area contributed by atoms with Crippen LogP contribution in [0, 0.1) is 5.92 Å². The van der Waals surface area contributed by atoms with E-state index in [4.69, 9.17) is 9.52 Å². The summed E-state index contributed by atoms with van der Waals surface area (Å²) in [5, 5.41) is 9.33. The third kappa shape index (κ3) is 2.30. The van der Waals surface area contributed by atoms with Crippen LogP contribution >= 0.6 is 0 Å². The number of anilines is 2. The highest BCUT2D eigenvalue weighted by molar-refractivity contribution is 5.70. The number of aliphatic carboxylic acids is 1. The quantitative estimate of drug-likeness (QED) is 0.934. The third-order valence-corrected chi connectivity index (χ3v) is 4.35. The number of fused-ring (bicyclic) bond motifs is 2. The lowest BCUT2D eigenvalue weighted by Crippen LogP contribution is -2.30. The largest absolute Gasteiger partial charge is 0.481 e. The first kappa shape index (κ1) is 14.0. The molecule has 5 nitrogen and oxygen atoms in total. The van der Waals surface area contributed by atoms with Gasteiger partial charge in [0, 0.05) is 18.2 Å². The second kappa shape index (κ2) is 5.22. The maximum atomic E-state index is 14.5. The van der Waals surface area contributed by atoms with Crippen molar-refractivity contribution in [2.45, 2.75) is 19.3 Å². The Morgan fingerprint density at radius 1 is 1.43 bits per heavy atom. The molecule has 0 saturated carbocycles. The van der Waals surface area contributed by atoms with Gasteiger partial charge in [0.2, 0.25) is 0 Å². The summed E-state index contributed by atoms with van der Waals surface area (Å²) in [7, 11) is 0. The molecule has 0 bridgehead atoms. The first-order valence-corrected chi connectivity index (χ1v) is 7.57. The fraction of sp³-hybridized carbons (Fsp3) is 0.294. The standard InChI is InChI=1S/C17H15FN2O3/c18-15-11(9-14(21)22)5-6-12-16(15)23-17(19-12)20-8-7-10-3-1-2-4-13(10)20/h1-4,6,11H,5,7-9H2,(H,21,22). The number of benzene rings is 1. The number of halogens is 1. The summed E-state index contributed by atoms with van der Waals surface area (Å²) in [4.78, 5) is 17.2. The summed E-state index contributed by atoms with van der Waals surface area (Å²) in [6.07, 6.45) is 2.72. The summed E-state index contributed by atoms with van der Waals surface area (Å²) < 4.78 is 20.1. The molecule has 0 amide bonds. The Kier molecular flexibility index (Phi) is 3.18. The van der Waals surface area contributed by atoms with Crippen LogP contribution in [0.15, 0.2) is 28.7 Å².